The number of thioether (sulfide) groups is 1. The van der Waals surface area contributed by atoms with Crippen molar-refractivity contribution >= 4 is 29.6 Å². The van der Waals surface area contributed by atoms with Crippen LogP contribution in [0.25, 0.3) is 0 Å². The zero-order chi connectivity index (χ0) is 21.0. The van der Waals surface area contributed by atoms with E-state index in [-0.39, 0.29) is 5.91 Å². The quantitative estimate of drug-likeness (QED) is 0.691. The minimum atomic E-state index is -0.531. The van der Waals surface area contributed by atoms with Crippen LogP contribution in [0.3, 0.4) is 0 Å². The van der Waals surface area contributed by atoms with E-state index in [0.717, 1.165) is 24.8 Å². The van der Waals surface area contributed by atoms with Crippen LogP contribution in [0, 0.1) is 11.8 Å². The number of carbonyl (C=O) groups excluding carboxylic acids is 2. The summed E-state index contributed by atoms with van der Waals surface area (Å²) in [5.74, 6) is 2.32. The van der Waals surface area contributed by atoms with Gasteiger partial charge in [0.1, 0.15) is 5.76 Å². The van der Waals surface area contributed by atoms with Crippen LogP contribution in [0.1, 0.15) is 33.0 Å². The van der Waals surface area contributed by atoms with E-state index in [1.807, 2.05) is 16.7 Å². The Bertz CT molecular complexity index is 827. The third-order valence-electron chi connectivity index (χ3n) is 4.86. The molecule has 1 aliphatic rings. The van der Waals surface area contributed by atoms with Gasteiger partial charge < -0.3 is 14.6 Å². The number of hydrogen-bond acceptors (Lipinski definition) is 7. The third kappa shape index (κ3) is 5.31. The lowest BCUT2D eigenvalue weighted by molar-refractivity contribution is -0.119. The van der Waals surface area contributed by atoms with E-state index in [1.165, 1.54) is 25.2 Å². The highest BCUT2D eigenvalue weighted by Gasteiger charge is 2.28. The van der Waals surface area contributed by atoms with Crippen LogP contribution in [-0.4, -0.2) is 52.1 Å². The minimum absolute atomic E-state index is 0.385. The molecule has 1 aliphatic heterocycles. The van der Waals surface area contributed by atoms with Crippen molar-refractivity contribution < 1.29 is 14.0 Å². The molecule has 2 aromatic rings. The molecule has 3 amide bonds. The van der Waals surface area contributed by atoms with Crippen LogP contribution in [0.15, 0.2) is 28.0 Å². The fraction of sp³-hybridized carbons (Fsp3) is 0.579. The third-order valence-corrected chi connectivity index (χ3v) is 5.94. The molecule has 29 heavy (non-hydrogen) atoms. The molecule has 0 unspecified atom stereocenters. The number of anilines is 1. The van der Waals surface area contributed by atoms with Gasteiger partial charge in [-0.25, -0.2) is 4.79 Å². The van der Waals surface area contributed by atoms with Gasteiger partial charge in [0.15, 0.2) is 5.16 Å². The van der Waals surface area contributed by atoms with Gasteiger partial charge in [-0.2, -0.15) is 0 Å². The molecule has 10 heteroatoms. The number of furan rings is 1. The number of nitrogens with zero attached hydrogens (tertiary/aromatic N) is 4. The molecule has 2 aromatic heterocycles. The number of piperidine rings is 1. The van der Waals surface area contributed by atoms with Gasteiger partial charge in [-0.1, -0.05) is 25.6 Å². The molecule has 3 rings (SSSR count). The Morgan fingerprint density at radius 1 is 1.31 bits per heavy atom. The summed E-state index contributed by atoms with van der Waals surface area (Å²) in [4.78, 5) is 25.9. The molecule has 158 valence electrons. The van der Waals surface area contributed by atoms with Gasteiger partial charge in [0.25, 0.3) is 0 Å². The Morgan fingerprint density at radius 3 is 2.66 bits per heavy atom. The predicted molar refractivity (Wildman–Crippen MR) is 111 cm³/mol. The molecule has 3 atom stereocenters. The van der Waals surface area contributed by atoms with Crippen molar-refractivity contribution in [2.24, 2.45) is 11.8 Å². The van der Waals surface area contributed by atoms with Crippen LogP contribution in [-0.2, 0) is 11.3 Å². The lowest BCUT2D eigenvalue weighted by atomic mass is 9.92. The van der Waals surface area contributed by atoms with E-state index in [2.05, 4.69) is 39.6 Å². The van der Waals surface area contributed by atoms with Gasteiger partial charge >= 0.3 is 6.03 Å². The number of nitrogens with one attached hydrogen (secondary N) is 2. The maximum Gasteiger partial charge on any atom is 0.321 e. The monoisotopic (exact) mass is 420 g/mol. The fourth-order valence-electron chi connectivity index (χ4n) is 3.61. The Balaban J connectivity index is 1.83. The summed E-state index contributed by atoms with van der Waals surface area (Å²) in [6.45, 7) is 8.53. The van der Waals surface area contributed by atoms with E-state index in [0.29, 0.717) is 23.5 Å². The molecule has 1 saturated heterocycles. The number of aromatic nitrogens is 3. The number of carbonyl (C=O) groups is 2. The summed E-state index contributed by atoms with van der Waals surface area (Å²) in [6, 6.07) is 3.22. The van der Waals surface area contributed by atoms with Crippen molar-refractivity contribution in [2.45, 2.75) is 44.1 Å². The van der Waals surface area contributed by atoms with Crippen LogP contribution in [0.2, 0.25) is 0 Å². The van der Waals surface area contributed by atoms with Crippen molar-refractivity contribution in [3.8, 4) is 0 Å². The fourth-order valence-corrected chi connectivity index (χ4v) is 4.46. The number of rotatable bonds is 6. The summed E-state index contributed by atoms with van der Waals surface area (Å²) in [5, 5.41) is 13.6. The Labute approximate surface area is 174 Å². The lowest BCUT2D eigenvalue weighted by Gasteiger charge is -2.35. The van der Waals surface area contributed by atoms with Gasteiger partial charge in [-0.15, -0.1) is 10.2 Å². The van der Waals surface area contributed by atoms with Crippen molar-refractivity contribution in [3.63, 3.8) is 0 Å². The first kappa shape index (κ1) is 21.2. The average molecular weight is 421 g/mol. The second-order valence-corrected chi connectivity index (χ2v) is 8.94. The van der Waals surface area contributed by atoms with Gasteiger partial charge in [-0.3, -0.25) is 14.7 Å². The molecule has 2 N–H and O–H groups in total. The summed E-state index contributed by atoms with van der Waals surface area (Å²) in [5.41, 5.74) is 0. The average Bonchev–Trinajstić information content (AvgIpc) is 3.31. The van der Waals surface area contributed by atoms with Crippen LogP contribution >= 0.6 is 11.8 Å². The van der Waals surface area contributed by atoms with Crippen molar-refractivity contribution in [2.75, 3.05) is 25.0 Å². The molecule has 3 heterocycles. The van der Waals surface area contributed by atoms with Crippen LogP contribution < -0.4 is 15.5 Å². The molecule has 0 bridgehead atoms. The standard InChI is InChI=1S/C19H28N6O3S/c1-12-8-13(2)10-24(9-12)18-22-23-19(25(18)11-15-6-5-7-28-15)29-14(3)16(26)21-17(27)20-4/h5-7,12-14H,8-11H2,1-4H3,(H2,20,21,26,27)/t12-,13-,14+/m1/s1. The Kier molecular flexibility index (Phi) is 6.83. The van der Waals surface area contributed by atoms with Crippen LogP contribution in [0.4, 0.5) is 10.7 Å². The summed E-state index contributed by atoms with van der Waals surface area (Å²) >= 11 is 1.27. The van der Waals surface area contributed by atoms with E-state index in [1.54, 1.807) is 13.2 Å². The maximum atomic E-state index is 12.3. The highest BCUT2D eigenvalue weighted by molar-refractivity contribution is 8.00. The largest absolute Gasteiger partial charge is 0.467 e. The van der Waals surface area contributed by atoms with Crippen LogP contribution in [0.5, 0.6) is 0 Å². The minimum Gasteiger partial charge on any atom is -0.467 e. The molecule has 0 aromatic carbocycles. The normalized spacial score (nSPS) is 20.3. The topological polar surface area (TPSA) is 105 Å². The molecule has 0 radical (unpaired) electrons. The van der Waals surface area contributed by atoms with Gasteiger partial charge in [-0.05, 0) is 37.3 Å². The Morgan fingerprint density at radius 2 is 2.03 bits per heavy atom. The predicted octanol–water partition coefficient (Wildman–Crippen LogP) is 2.34. The first-order valence-corrected chi connectivity index (χ1v) is 10.6. The second-order valence-electron chi connectivity index (χ2n) is 7.63. The smallest absolute Gasteiger partial charge is 0.321 e. The van der Waals surface area contributed by atoms with Crippen molar-refractivity contribution in [3.05, 3.63) is 24.2 Å². The summed E-state index contributed by atoms with van der Waals surface area (Å²) < 4.78 is 7.51. The number of urea groups is 1. The first-order valence-electron chi connectivity index (χ1n) is 9.77. The second kappa shape index (κ2) is 9.34. The lowest BCUT2D eigenvalue weighted by Crippen LogP contribution is -2.41. The van der Waals surface area contributed by atoms with Crippen molar-refractivity contribution in [1.29, 1.82) is 0 Å². The van der Waals surface area contributed by atoms with E-state index in [4.69, 9.17) is 4.42 Å². The molecule has 0 saturated carbocycles. The van der Waals surface area contributed by atoms with E-state index in [9.17, 15) is 9.59 Å². The number of amides is 3. The molecule has 1 fully saturated rings. The molecule has 0 spiro atoms. The highest BCUT2D eigenvalue weighted by atomic mass is 32.2. The number of hydrogen-bond donors (Lipinski definition) is 2. The van der Waals surface area contributed by atoms with Gasteiger partial charge in [0.05, 0.1) is 18.1 Å². The Hall–Kier alpha value is -2.49. The van der Waals surface area contributed by atoms with Crippen molar-refractivity contribution in [1.82, 2.24) is 25.4 Å². The maximum absolute atomic E-state index is 12.3. The van der Waals surface area contributed by atoms with Gasteiger partial charge in [0.2, 0.25) is 11.9 Å². The molecular weight excluding hydrogens is 392 g/mol. The van der Waals surface area contributed by atoms with Gasteiger partial charge in [0, 0.05) is 20.1 Å². The number of imide groups is 1. The zero-order valence-corrected chi connectivity index (χ0v) is 18.0. The molecule has 0 aliphatic carbocycles. The molecule has 9 nitrogen and oxygen atoms in total. The highest BCUT2D eigenvalue weighted by Crippen LogP contribution is 2.30. The molecular formula is C19H28N6O3S. The summed E-state index contributed by atoms with van der Waals surface area (Å²) in [7, 11) is 1.47. The first-order chi connectivity index (χ1) is 13.9. The zero-order valence-electron chi connectivity index (χ0n) is 17.2. The SMILES string of the molecule is CNC(=O)NC(=O)[C@H](C)Sc1nnc(N2C[C@H](C)C[C@@H](C)C2)n1Cc1ccco1. The summed E-state index contributed by atoms with van der Waals surface area (Å²) in [6.07, 6.45) is 2.83. The van der Waals surface area contributed by atoms with E-state index >= 15 is 0 Å². The van der Waals surface area contributed by atoms with E-state index < -0.39 is 11.3 Å².